The molecule has 0 heterocycles. The highest BCUT2D eigenvalue weighted by Gasteiger charge is 2.37. The van der Waals surface area contributed by atoms with Crippen LogP contribution in [-0.2, 0) is 4.79 Å². The number of carboxylic acid groups (broad SMARTS) is 1. The lowest BCUT2D eigenvalue weighted by Crippen LogP contribution is -2.37. The molecule has 3 unspecified atom stereocenters. The third kappa shape index (κ3) is 13.2. The number of unbranched alkanes of at least 4 members (excludes halogenated alkanes) is 6. The summed E-state index contributed by atoms with van der Waals surface area (Å²) in [5.41, 5.74) is 4.94. The molecule has 3 atom stereocenters. The van der Waals surface area contributed by atoms with Gasteiger partial charge in [-0.2, -0.15) is 0 Å². The van der Waals surface area contributed by atoms with Crippen LogP contribution < -0.4 is 11.1 Å². The highest BCUT2D eigenvalue weighted by molar-refractivity contribution is 5.74. The zero-order chi connectivity index (χ0) is 20.7. The number of nitrogens with two attached hydrogens (primary N) is 1. The molecule has 162 valence electrons. The number of rotatable bonds is 18. The molecule has 0 aromatic carbocycles. The van der Waals surface area contributed by atoms with Gasteiger partial charge in [0.05, 0.1) is 11.5 Å². The SMILES string of the molecule is CCCCCCCCC(CC(O)CNCCCCC(C)N)C(C)(C)C(=O)O. The first-order valence-corrected chi connectivity index (χ1v) is 11.1. The van der Waals surface area contributed by atoms with Gasteiger partial charge >= 0.3 is 5.97 Å². The molecule has 0 fully saturated rings. The van der Waals surface area contributed by atoms with Crippen LogP contribution in [0.1, 0.15) is 98.3 Å². The lowest BCUT2D eigenvalue weighted by Gasteiger charge is -2.32. The van der Waals surface area contributed by atoms with Gasteiger partial charge in [0.15, 0.2) is 0 Å². The zero-order valence-corrected chi connectivity index (χ0v) is 18.3. The van der Waals surface area contributed by atoms with Crippen molar-refractivity contribution < 1.29 is 15.0 Å². The van der Waals surface area contributed by atoms with Crippen LogP contribution in [0, 0.1) is 11.3 Å². The van der Waals surface area contributed by atoms with Gasteiger partial charge in [0.25, 0.3) is 0 Å². The summed E-state index contributed by atoms with van der Waals surface area (Å²) in [4.78, 5) is 11.7. The second-order valence-corrected chi connectivity index (χ2v) is 8.85. The van der Waals surface area contributed by atoms with Crippen LogP contribution in [0.15, 0.2) is 0 Å². The number of carboxylic acids is 1. The predicted molar refractivity (Wildman–Crippen MR) is 114 cm³/mol. The van der Waals surface area contributed by atoms with Gasteiger partial charge < -0.3 is 21.3 Å². The van der Waals surface area contributed by atoms with Crippen molar-refractivity contribution in [3.8, 4) is 0 Å². The molecule has 0 rings (SSSR count). The van der Waals surface area contributed by atoms with Gasteiger partial charge in [0.2, 0.25) is 0 Å². The molecule has 0 spiro atoms. The molecule has 0 aromatic heterocycles. The van der Waals surface area contributed by atoms with Gasteiger partial charge in [-0.3, -0.25) is 4.79 Å². The number of hydrogen-bond donors (Lipinski definition) is 4. The summed E-state index contributed by atoms with van der Waals surface area (Å²) >= 11 is 0. The Morgan fingerprint density at radius 1 is 1.04 bits per heavy atom. The molecule has 0 radical (unpaired) electrons. The maximum absolute atomic E-state index is 11.7. The minimum atomic E-state index is -0.804. The fourth-order valence-corrected chi connectivity index (χ4v) is 3.52. The summed E-state index contributed by atoms with van der Waals surface area (Å²) in [7, 11) is 0. The molecule has 5 nitrogen and oxygen atoms in total. The van der Waals surface area contributed by atoms with Crippen LogP contribution in [0.25, 0.3) is 0 Å². The Morgan fingerprint density at radius 2 is 1.63 bits per heavy atom. The van der Waals surface area contributed by atoms with Crippen LogP contribution in [-0.4, -0.2) is 41.4 Å². The van der Waals surface area contributed by atoms with Gasteiger partial charge in [-0.15, -0.1) is 0 Å². The topological polar surface area (TPSA) is 95.6 Å². The Labute approximate surface area is 167 Å². The van der Waals surface area contributed by atoms with Crippen molar-refractivity contribution in [3.05, 3.63) is 0 Å². The average Bonchev–Trinajstić information content (AvgIpc) is 2.59. The number of aliphatic hydroxyl groups is 1. The Balaban J connectivity index is 4.27. The van der Waals surface area contributed by atoms with E-state index in [1.54, 1.807) is 13.8 Å². The largest absolute Gasteiger partial charge is 0.481 e. The lowest BCUT2D eigenvalue weighted by atomic mass is 9.73. The number of aliphatic hydroxyl groups excluding tert-OH is 1. The highest BCUT2D eigenvalue weighted by atomic mass is 16.4. The lowest BCUT2D eigenvalue weighted by molar-refractivity contribution is -0.151. The fraction of sp³-hybridized carbons (Fsp3) is 0.955. The molecule has 5 heteroatoms. The van der Waals surface area contributed by atoms with E-state index in [0.717, 1.165) is 45.1 Å². The van der Waals surface area contributed by atoms with Crippen molar-refractivity contribution in [2.45, 2.75) is 110 Å². The van der Waals surface area contributed by atoms with E-state index in [2.05, 4.69) is 12.2 Å². The van der Waals surface area contributed by atoms with Crippen LogP contribution in [0.2, 0.25) is 0 Å². The second kappa shape index (κ2) is 15.3. The molecule has 0 saturated heterocycles. The minimum Gasteiger partial charge on any atom is -0.481 e. The first-order chi connectivity index (χ1) is 12.7. The third-order valence-corrected chi connectivity index (χ3v) is 5.68. The Bertz CT molecular complexity index is 373. The molecule has 0 amide bonds. The maximum atomic E-state index is 11.7. The molecule has 0 saturated carbocycles. The number of aliphatic carboxylic acids is 1. The summed E-state index contributed by atoms with van der Waals surface area (Å²) in [5.74, 6) is -0.773. The van der Waals surface area contributed by atoms with Gasteiger partial charge in [-0.05, 0) is 58.9 Å². The normalized spacial score (nSPS) is 15.5. The molecule has 0 aromatic rings. The van der Waals surface area contributed by atoms with Gasteiger partial charge in [-0.25, -0.2) is 0 Å². The second-order valence-electron chi connectivity index (χ2n) is 8.85. The smallest absolute Gasteiger partial charge is 0.309 e. The molecule has 5 N–H and O–H groups in total. The van der Waals surface area contributed by atoms with Crippen molar-refractivity contribution in [3.63, 3.8) is 0 Å². The summed E-state index contributed by atoms with van der Waals surface area (Å²) in [6.45, 7) is 9.22. The first kappa shape index (κ1) is 26.4. The number of hydrogen-bond acceptors (Lipinski definition) is 4. The highest BCUT2D eigenvalue weighted by Crippen LogP contribution is 2.35. The van der Waals surface area contributed by atoms with E-state index in [0.29, 0.717) is 13.0 Å². The van der Waals surface area contributed by atoms with Gasteiger partial charge in [0.1, 0.15) is 0 Å². The molecule has 0 aliphatic rings. The minimum absolute atomic E-state index is 0.00364. The van der Waals surface area contributed by atoms with Crippen molar-refractivity contribution in [2.75, 3.05) is 13.1 Å². The van der Waals surface area contributed by atoms with Gasteiger partial charge in [0, 0.05) is 12.6 Å². The van der Waals surface area contributed by atoms with Crippen LogP contribution in [0.3, 0.4) is 0 Å². The monoisotopic (exact) mass is 386 g/mol. The molecule has 0 aliphatic carbocycles. The first-order valence-electron chi connectivity index (χ1n) is 11.1. The predicted octanol–water partition coefficient (Wildman–Crippen LogP) is 4.32. The Kier molecular flexibility index (Phi) is 14.9. The summed E-state index contributed by atoms with van der Waals surface area (Å²) < 4.78 is 0. The Morgan fingerprint density at radius 3 is 2.22 bits per heavy atom. The Hall–Kier alpha value is -0.650. The van der Waals surface area contributed by atoms with E-state index in [4.69, 9.17) is 5.73 Å². The van der Waals surface area contributed by atoms with Crippen LogP contribution in [0.4, 0.5) is 0 Å². The summed E-state index contributed by atoms with van der Waals surface area (Å²) in [6.07, 6.45) is 11.3. The molecule has 0 bridgehead atoms. The van der Waals surface area contributed by atoms with E-state index in [9.17, 15) is 15.0 Å². The van der Waals surface area contributed by atoms with E-state index in [1.165, 1.54) is 25.7 Å². The maximum Gasteiger partial charge on any atom is 0.309 e. The quantitative estimate of drug-likeness (QED) is 0.263. The number of carbonyl (C=O) groups is 1. The molecular weight excluding hydrogens is 340 g/mol. The summed E-state index contributed by atoms with van der Waals surface area (Å²) in [6, 6.07) is 0.247. The van der Waals surface area contributed by atoms with Crippen molar-refractivity contribution >= 4 is 5.97 Å². The number of nitrogens with one attached hydrogen (secondary N) is 1. The molecule has 0 aliphatic heterocycles. The van der Waals surface area contributed by atoms with E-state index >= 15 is 0 Å². The fourth-order valence-electron chi connectivity index (χ4n) is 3.52. The van der Waals surface area contributed by atoms with Crippen LogP contribution >= 0.6 is 0 Å². The molecule has 27 heavy (non-hydrogen) atoms. The van der Waals surface area contributed by atoms with E-state index in [1.807, 2.05) is 6.92 Å². The average molecular weight is 387 g/mol. The van der Waals surface area contributed by atoms with E-state index in [-0.39, 0.29) is 12.0 Å². The van der Waals surface area contributed by atoms with Crippen molar-refractivity contribution in [1.82, 2.24) is 5.32 Å². The van der Waals surface area contributed by atoms with Crippen LogP contribution in [0.5, 0.6) is 0 Å². The zero-order valence-electron chi connectivity index (χ0n) is 18.3. The van der Waals surface area contributed by atoms with E-state index < -0.39 is 17.5 Å². The van der Waals surface area contributed by atoms with Gasteiger partial charge in [-0.1, -0.05) is 51.9 Å². The van der Waals surface area contributed by atoms with Crippen molar-refractivity contribution in [1.29, 1.82) is 0 Å². The summed E-state index contributed by atoms with van der Waals surface area (Å²) in [5, 5.41) is 23.3. The standard InChI is InChI=1S/C22H46N2O3/c1-5-6-7-8-9-10-14-19(22(3,4)21(26)27)16-20(25)17-24-15-12-11-13-18(2)23/h18-20,24-25H,5-17,23H2,1-4H3,(H,26,27). The third-order valence-electron chi connectivity index (χ3n) is 5.68. The molecular formula is C22H46N2O3. The van der Waals surface area contributed by atoms with Crippen molar-refractivity contribution in [2.24, 2.45) is 17.1 Å².